The summed E-state index contributed by atoms with van der Waals surface area (Å²) in [4.78, 5) is 3.98. The van der Waals surface area contributed by atoms with Gasteiger partial charge in [0, 0.05) is 12.0 Å². The lowest BCUT2D eigenvalue weighted by Gasteiger charge is -2.41. The molecular formula is C18H22F4N4O2. The molecule has 0 spiro atoms. The summed E-state index contributed by atoms with van der Waals surface area (Å²) in [6.07, 6.45) is -1.66. The zero-order valence-corrected chi connectivity index (χ0v) is 15.4. The number of anilines is 1. The summed E-state index contributed by atoms with van der Waals surface area (Å²) in [5, 5.41) is 17.2. The van der Waals surface area contributed by atoms with E-state index < -0.39 is 29.1 Å². The first kappa shape index (κ1) is 19.4. The van der Waals surface area contributed by atoms with Gasteiger partial charge in [0.25, 0.3) is 0 Å². The van der Waals surface area contributed by atoms with E-state index in [1.807, 2.05) is 6.92 Å². The summed E-state index contributed by atoms with van der Waals surface area (Å²) in [6.45, 7) is 2.41. The maximum atomic E-state index is 14.8. The topological polar surface area (TPSA) is 71.7 Å². The molecule has 1 aliphatic carbocycles. The van der Waals surface area contributed by atoms with Crippen molar-refractivity contribution in [3.05, 3.63) is 23.3 Å². The highest BCUT2D eigenvalue weighted by Gasteiger charge is 2.49. The number of ether oxygens (including phenoxy) is 1. The van der Waals surface area contributed by atoms with Crippen LogP contribution in [0.1, 0.15) is 50.3 Å². The molecule has 0 bridgehead atoms. The second kappa shape index (κ2) is 6.84. The van der Waals surface area contributed by atoms with E-state index >= 15 is 0 Å². The molecule has 2 aliphatic rings. The fraction of sp³-hybridized carbons (Fsp3) is 0.667. The minimum atomic E-state index is -4.82. The van der Waals surface area contributed by atoms with Gasteiger partial charge in [-0.25, -0.2) is 13.9 Å². The highest BCUT2D eigenvalue weighted by molar-refractivity contribution is 5.57. The SMILES string of the molecule is CCC1(c2c(C(F)(F)F)c(F)c3cnc(N[C@@H]4CCOC[C@H]4O)nn23)CCC1. The summed E-state index contributed by atoms with van der Waals surface area (Å²) >= 11 is 0. The maximum absolute atomic E-state index is 14.8. The molecule has 3 heterocycles. The molecule has 154 valence electrons. The van der Waals surface area contributed by atoms with E-state index in [-0.39, 0.29) is 29.8 Å². The molecule has 0 unspecified atom stereocenters. The van der Waals surface area contributed by atoms with Crippen LogP contribution in [0.3, 0.4) is 0 Å². The van der Waals surface area contributed by atoms with E-state index in [1.54, 1.807) is 0 Å². The van der Waals surface area contributed by atoms with Crippen LogP contribution < -0.4 is 5.32 Å². The van der Waals surface area contributed by atoms with E-state index in [4.69, 9.17) is 4.74 Å². The number of alkyl halides is 3. The van der Waals surface area contributed by atoms with Crippen molar-refractivity contribution in [1.82, 2.24) is 14.6 Å². The predicted octanol–water partition coefficient (Wildman–Crippen LogP) is 3.28. The Morgan fingerprint density at radius 2 is 2.14 bits per heavy atom. The lowest BCUT2D eigenvalue weighted by Crippen LogP contribution is -2.42. The summed E-state index contributed by atoms with van der Waals surface area (Å²) < 4.78 is 62.2. The number of hydrogen-bond donors (Lipinski definition) is 2. The second-order valence-corrected chi connectivity index (χ2v) is 7.58. The Morgan fingerprint density at radius 1 is 1.39 bits per heavy atom. The third-order valence-corrected chi connectivity index (χ3v) is 6.04. The Labute approximate surface area is 158 Å². The molecule has 2 atom stereocenters. The molecule has 6 nitrogen and oxygen atoms in total. The average Bonchev–Trinajstić information content (AvgIpc) is 2.90. The van der Waals surface area contributed by atoms with E-state index in [0.717, 1.165) is 17.1 Å². The fourth-order valence-electron chi connectivity index (χ4n) is 4.24. The number of aliphatic hydroxyl groups is 1. The third kappa shape index (κ3) is 3.02. The Bertz CT molecular complexity index is 873. The average molecular weight is 402 g/mol. The minimum absolute atomic E-state index is 0.0500. The third-order valence-electron chi connectivity index (χ3n) is 6.04. The van der Waals surface area contributed by atoms with E-state index in [1.165, 1.54) is 0 Å². The number of nitrogens with zero attached hydrogens (tertiary/aromatic N) is 3. The van der Waals surface area contributed by atoms with E-state index in [0.29, 0.717) is 32.3 Å². The van der Waals surface area contributed by atoms with Crippen LogP contribution >= 0.6 is 0 Å². The minimum Gasteiger partial charge on any atom is -0.389 e. The van der Waals surface area contributed by atoms with Gasteiger partial charge in [0.05, 0.1) is 30.6 Å². The maximum Gasteiger partial charge on any atom is 0.421 e. The molecule has 1 aliphatic heterocycles. The molecule has 1 saturated heterocycles. The number of halogens is 4. The predicted molar refractivity (Wildman–Crippen MR) is 92.6 cm³/mol. The molecule has 0 amide bonds. The van der Waals surface area contributed by atoms with Crippen LogP contribution in [0.25, 0.3) is 5.52 Å². The molecule has 2 aromatic heterocycles. The van der Waals surface area contributed by atoms with Crippen LogP contribution in [0.15, 0.2) is 6.20 Å². The summed E-state index contributed by atoms with van der Waals surface area (Å²) in [7, 11) is 0. The van der Waals surface area contributed by atoms with Crippen molar-refractivity contribution in [2.24, 2.45) is 0 Å². The van der Waals surface area contributed by atoms with Crippen LogP contribution in [0.5, 0.6) is 0 Å². The van der Waals surface area contributed by atoms with Crippen molar-refractivity contribution in [3.63, 3.8) is 0 Å². The first-order valence-electron chi connectivity index (χ1n) is 9.44. The first-order chi connectivity index (χ1) is 13.3. The van der Waals surface area contributed by atoms with Gasteiger partial charge < -0.3 is 15.2 Å². The number of aliphatic hydroxyl groups excluding tert-OH is 1. The quantitative estimate of drug-likeness (QED) is 0.768. The van der Waals surface area contributed by atoms with Gasteiger partial charge >= 0.3 is 6.18 Å². The molecule has 28 heavy (non-hydrogen) atoms. The van der Waals surface area contributed by atoms with Gasteiger partial charge in [-0.05, 0) is 25.7 Å². The molecule has 4 rings (SSSR count). The highest BCUT2D eigenvalue weighted by Crippen LogP contribution is 2.51. The summed E-state index contributed by atoms with van der Waals surface area (Å²) in [5.41, 5.74) is -2.41. The molecule has 2 aromatic rings. The molecule has 0 radical (unpaired) electrons. The Hall–Kier alpha value is -1.94. The van der Waals surface area contributed by atoms with Gasteiger partial charge in [-0.3, -0.25) is 0 Å². The Morgan fingerprint density at radius 3 is 2.71 bits per heavy atom. The van der Waals surface area contributed by atoms with Gasteiger partial charge in [-0.2, -0.15) is 13.2 Å². The zero-order valence-electron chi connectivity index (χ0n) is 15.4. The standard InChI is InChI=1S/C18H22F4N4O2/c1-2-17(5-3-6-17)15-13(18(20,21)22)14(19)11-8-23-16(25-26(11)15)24-10-4-7-28-9-12(10)27/h8,10,12,27H,2-7,9H2,1H3,(H,24,25)/t10-,12-/m1/s1. The van der Waals surface area contributed by atoms with Crippen LogP contribution in [-0.4, -0.2) is 45.1 Å². The number of nitrogens with one attached hydrogen (secondary N) is 1. The summed E-state index contributed by atoms with van der Waals surface area (Å²) in [6, 6.07) is -0.388. The van der Waals surface area contributed by atoms with E-state index in [9.17, 15) is 22.7 Å². The van der Waals surface area contributed by atoms with Crippen LogP contribution in [0.2, 0.25) is 0 Å². The van der Waals surface area contributed by atoms with Crippen molar-refractivity contribution in [2.45, 2.75) is 62.8 Å². The van der Waals surface area contributed by atoms with Gasteiger partial charge in [-0.15, -0.1) is 5.10 Å². The molecule has 10 heteroatoms. The Kier molecular flexibility index (Phi) is 4.73. The molecule has 2 fully saturated rings. The van der Waals surface area contributed by atoms with E-state index in [2.05, 4.69) is 15.4 Å². The number of fused-ring (bicyclic) bond motifs is 1. The monoisotopic (exact) mass is 402 g/mol. The highest BCUT2D eigenvalue weighted by atomic mass is 19.4. The van der Waals surface area contributed by atoms with Gasteiger partial charge in [0.2, 0.25) is 5.95 Å². The first-order valence-corrected chi connectivity index (χ1v) is 9.44. The van der Waals surface area contributed by atoms with Crippen LogP contribution in [0.4, 0.5) is 23.5 Å². The van der Waals surface area contributed by atoms with Crippen molar-refractivity contribution in [3.8, 4) is 0 Å². The van der Waals surface area contributed by atoms with Crippen molar-refractivity contribution >= 4 is 11.5 Å². The summed E-state index contributed by atoms with van der Waals surface area (Å²) in [5.74, 6) is -1.28. The van der Waals surface area contributed by atoms with Gasteiger partial charge in [-0.1, -0.05) is 13.3 Å². The normalized spacial score (nSPS) is 24.9. The fourth-order valence-corrected chi connectivity index (χ4v) is 4.24. The van der Waals surface area contributed by atoms with Crippen LogP contribution in [-0.2, 0) is 16.3 Å². The smallest absolute Gasteiger partial charge is 0.389 e. The number of aromatic nitrogens is 3. The lowest BCUT2D eigenvalue weighted by atomic mass is 9.64. The number of hydrogen-bond acceptors (Lipinski definition) is 5. The van der Waals surface area contributed by atoms with Crippen molar-refractivity contribution in [1.29, 1.82) is 0 Å². The second-order valence-electron chi connectivity index (χ2n) is 7.58. The molecule has 2 N–H and O–H groups in total. The Balaban J connectivity index is 1.83. The largest absolute Gasteiger partial charge is 0.421 e. The van der Waals surface area contributed by atoms with Gasteiger partial charge in [0.1, 0.15) is 11.1 Å². The molecule has 1 saturated carbocycles. The van der Waals surface area contributed by atoms with Crippen molar-refractivity contribution < 1.29 is 27.4 Å². The molecule has 0 aromatic carbocycles. The zero-order chi connectivity index (χ0) is 20.1. The van der Waals surface area contributed by atoms with Gasteiger partial charge in [0.15, 0.2) is 5.82 Å². The van der Waals surface area contributed by atoms with Crippen molar-refractivity contribution in [2.75, 3.05) is 18.5 Å². The lowest BCUT2D eigenvalue weighted by molar-refractivity contribution is -0.141. The number of rotatable bonds is 4. The van der Waals surface area contributed by atoms with Crippen LogP contribution in [0, 0.1) is 5.82 Å². The molecular weight excluding hydrogens is 380 g/mol.